The van der Waals surface area contributed by atoms with Gasteiger partial charge in [-0.3, -0.25) is 0 Å². The number of piperidine rings is 1. The fourth-order valence-electron chi connectivity index (χ4n) is 3.66. The molecule has 0 aromatic heterocycles. The Labute approximate surface area is 132 Å². The maximum absolute atomic E-state index is 11.8. The fourth-order valence-corrected chi connectivity index (χ4v) is 4.25. The number of benzene rings is 1. The molecule has 21 heavy (non-hydrogen) atoms. The third-order valence-corrected chi connectivity index (χ3v) is 5.95. The highest BCUT2D eigenvalue weighted by molar-refractivity contribution is 9.10. The Kier molecular flexibility index (Phi) is 2.96. The number of carbonyl (C=O) groups is 1. The highest BCUT2D eigenvalue weighted by Gasteiger charge is 2.45. The lowest BCUT2D eigenvalue weighted by Gasteiger charge is -2.35. The predicted molar refractivity (Wildman–Crippen MR) is 83.4 cm³/mol. The predicted octanol–water partition coefficient (Wildman–Crippen LogP) is 3.46. The molecule has 1 saturated heterocycles. The van der Waals surface area contributed by atoms with Crippen molar-refractivity contribution in [3.63, 3.8) is 0 Å². The summed E-state index contributed by atoms with van der Waals surface area (Å²) in [5.41, 5.74) is 2.74. The largest absolute Gasteiger partial charge is 0.492 e. The number of carboxylic acids is 1. The van der Waals surface area contributed by atoms with E-state index in [0.717, 1.165) is 35.2 Å². The van der Waals surface area contributed by atoms with Gasteiger partial charge in [-0.25, -0.2) is 4.79 Å². The minimum atomic E-state index is -0.887. The van der Waals surface area contributed by atoms with Crippen molar-refractivity contribution < 1.29 is 14.6 Å². The smallest absolute Gasteiger partial charge is 0.341 e. The fraction of sp³-hybridized carbons (Fsp3) is 0.562. The monoisotopic (exact) mass is 351 g/mol. The van der Waals surface area contributed by atoms with Gasteiger partial charge >= 0.3 is 5.97 Å². The second kappa shape index (κ2) is 4.63. The summed E-state index contributed by atoms with van der Waals surface area (Å²) >= 11 is 3.58. The maximum Gasteiger partial charge on any atom is 0.341 e. The molecule has 2 fully saturated rings. The van der Waals surface area contributed by atoms with E-state index >= 15 is 0 Å². The Hall–Kier alpha value is -1.23. The third kappa shape index (κ3) is 2.13. The third-order valence-electron chi connectivity index (χ3n) is 5.24. The first kappa shape index (κ1) is 13.4. The van der Waals surface area contributed by atoms with E-state index in [1.54, 1.807) is 0 Å². The summed E-state index contributed by atoms with van der Waals surface area (Å²) in [6, 6.07) is 1.97. The van der Waals surface area contributed by atoms with Crippen molar-refractivity contribution in [3.05, 3.63) is 21.7 Å². The van der Waals surface area contributed by atoms with Gasteiger partial charge in [0.05, 0.1) is 12.3 Å². The second-order valence-corrected chi connectivity index (χ2v) is 7.31. The van der Waals surface area contributed by atoms with Crippen molar-refractivity contribution in [1.82, 2.24) is 0 Å². The topological polar surface area (TPSA) is 49.8 Å². The van der Waals surface area contributed by atoms with Crippen LogP contribution in [0.25, 0.3) is 0 Å². The van der Waals surface area contributed by atoms with Gasteiger partial charge in [-0.15, -0.1) is 0 Å². The lowest BCUT2D eigenvalue weighted by molar-refractivity contribution is 0.0694. The molecule has 0 radical (unpaired) electrons. The van der Waals surface area contributed by atoms with Crippen LogP contribution in [0, 0.1) is 5.41 Å². The summed E-state index contributed by atoms with van der Waals surface area (Å²) < 4.78 is 6.59. The highest BCUT2D eigenvalue weighted by atomic mass is 79.9. The minimum absolute atomic E-state index is 0.345. The van der Waals surface area contributed by atoms with E-state index in [4.69, 9.17) is 4.74 Å². The van der Waals surface area contributed by atoms with Crippen molar-refractivity contribution in [2.45, 2.75) is 32.1 Å². The van der Waals surface area contributed by atoms with Gasteiger partial charge in [-0.05, 0) is 37.2 Å². The zero-order chi connectivity index (χ0) is 14.6. The molecule has 4 nitrogen and oxygen atoms in total. The molecule has 0 bridgehead atoms. The van der Waals surface area contributed by atoms with Crippen molar-refractivity contribution in [3.8, 4) is 5.75 Å². The molecule has 3 aliphatic rings. The summed E-state index contributed by atoms with van der Waals surface area (Å²) in [4.78, 5) is 14.0. The van der Waals surface area contributed by atoms with Crippen LogP contribution in [-0.4, -0.2) is 30.8 Å². The summed E-state index contributed by atoms with van der Waals surface area (Å²) in [6.45, 7) is 2.47. The average molecular weight is 352 g/mol. The Morgan fingerprint density at radius 3 is 2.62 bits per heavy atom. The van der Waals surface area contributed by atoms with Crippen LogP contribution in [0.5, 0.6) is 5.75 Å². The van der Waals surface area contributed by atoms with Crippen LogP contribution in [0.4, 0.5) is 5.69 Å². The van der Waals surface area contributed by atoms with Gasteiger partial charge in [0.1, 0.15) is 11.3 Å². The Morgan fingerprint density at radius 1 is 1.29 bits per heavy atom. The normalized spacial score (nSPS) is 22.0. The van der Waals surface area contributed by atoms with E-state index in [9.17, 15) is 9.90 Å². The summed E-state index contributed by atoms with van der Waals surface area (Å²) in [7, 11) is 0. The molecule has 0 unspecified atom stereocenters. The molecular formula is C16H18BrNO3. The van der Waals surface area contributed by atoms with Crippen LogP contribution < -0.4 is 9.64 Å². The zero-order valence-corrected chi connectivity index (χ0v) is 13.4. The minimum Gasteiger partial charge on any atom is -0.492 e. The molecule has 5 heteroatoms. The highest BCUT2D eigenvalue weighted by Crippen LogP contribution is 2.54. The lowest BCUT2D eigenvalue weighted by atomic mass is 9.92. The molecule has 0 amide bonds. The average Bonchev–Trinajstić information content (AvgIpc) is 3.02. The molecule has 1 aliphatic carbocycles. The summed E-state index contributed by atoms with van der Waals surface area (Å²) in [6.07, 6.45) is 5.84. The van der Waals surface area contributed by atoms with E-state index in [-0.39, 0.29) is 0 Å². The first-order chi connectivity index (χ1) is 10.1. The number of rotatable bonds is 2. The van der Waals surface area contributed by atoms with Crippen molar-refractivity contribution in [1.29, 1.82) is 0 Å². The molecule has 1 N–H and O–H groups in total. The molecule has 2 aliphatic heterocycles. The van der Waals surface area contributed by atoms with Gasteiger partial charge in [-0.1, -0.05) is 15.9 Å². The van der Waals surface area contributed by atoms with Gasteiger partial charge < -0.3 is 14.7 Å². The zero-order valence-electron chi connectivity index (χ0n) is 11.8. The molecule has 1 aromatic rings. The van der Waals surface area contributed by atoms with Crippen LogP contribution in [0.1, 0.15) is 41.6 Å². The first-order valence-corrected chi connectivity index (χ1v) is 8.35. The van der Waals surface area contributed by atoms with Crippen LogP contribution in [0.2, 0.25) is 0 Å². The van der Waals surface area contributed by atoms with Crippen molar-refractivity contribution >= 4 is 27.6 Å². The van der Waals surface area contributed by atoms with Crippen LogP contribution in [-0.2, 0) is 6.42 Å². The standard InChI is InChI=1S/C16H18BrNO3/c17-11-9-12(18-6-4-16(2-3-16)5-7-18)13(15(19)20)14-10(11)1-8-21-14/h9H,1-8H2,(H,19,20). The SMILES string of the molecule is O=C(O)c1c(N2CCC3(CC2)CC3)cc(Br)c2c1OCC2. The summed E-state index contributed by atoms with van der Waals surface area (Å²) in [5.74, 6) is -0.319. The van der Waals surface area contributed by atoms with E-state index in [1.807, 2.05) is 6.07 Å². The molecule has 0 atom stereocenters. The molecule has 4 rings (SSSR count). The number of hydrogen-bond acceptors (Lipinski definition) is 3. The van der Waals surface area contributed by atoms with Gasteiger partial charge in [0.2, 0.25) is 0 Å². The van der Waals surface area contributed by atoms with Crippen LogP contribution in [0.15, 0.2) is 10.5 Å². The van der Waals surface area contributed by atoms with E-state index < -0.39 is 5.97 Å². The van der Waals surface area contributed by atoms with Gasteiger partial charge in [0.25, 0.3) is 0 Å². The quantitative estimate of drug-likeness (QED) is 0.886. The van der Waals surface area contributed by atoms with Crippen LogP contribution in [0.3, 0.4) is 0 Å². The molecule has 2 heterocycles. The number of fused-ring (bicyclic) bond motifs is 1. The van der Waals surface area contributed by atoms with Gasteiger partial charge in [-0.2, -0.15) is 0 Å². The van der Waals surface area contributed by atoms with Gasteiger partial charge in [0.15, 0.2) is 0 Å². The number of aromatic carboxylic acids is 1. The molecular weight excluding hydrogens is 334 g/mol. The molecule has 1 spiro atoms. The Bertz CT molecular complexity index is 614. The van der Waals surface area contributed by atoms with E-state index in [1.165, 1.54) is 25.7 Å². The molecule has 1 aromatic carbocycles. The number of ether oxygens (including phenoxy) is 1. The Balaban J connectivity index is 1.74. The van der Waals surface area contributed by atoms with Crippen molar-refractivity contribution in [2.75, 3.05) is 24.6 Å². The molecule has 112 valence electrons. The van der Waals surface area contributed by atoms with Crippen molar-refractivity contribution in [2.24, 2.45) is 5.41 Å². The van der Waals surface area contributed by atoms with E-state index in [2.05, 4.69) is 20.8 Å². The van der Waals surface area contributed by atoms with E-state index in [0.29, 0.717) is 23.3 Å². The van der Waals surface area contributed by atoms with Gasteiger partial charge in [0, 0.05) is 29.5 Å². The number of carboxylic acid groups (broad SMARTS) is 1. The second-order valence-electron chi connectivity index (χ2n) is 6.45. The number of anilines is 1. The number of hydrogen-bond donors (Lipinski definition) is 1. The summed E-state index contributed by atoms with van der Waals surface area (Å²) in [5, 5.41) is 9.64. The first-order valence-electron chi connectivity index (χ1n) is 7.56. The molecule has 1 saturated carbocycles. The lowest BCUT2D eigenvalue weighted by Crippen LogP contribution is -2.35. The van der Waals surface area contributed by atoms with Crippen LogP contribution >= 0.6 is 15.9 Å². The Morgan fingerprint density at radius 2 is 2.00 bits per heavy atom. The number of nitrogens with zero attached hydrogens (tertiary/aromatic N) is 1. The maximum atomic E-state index is 11.8. The number of halogens is 1.